The summed E-state index contributed by atoms with van der Waals surface area (Å²) in [5, 5.41) is 14.3. The Hall–Kier alpha value is -1.88. The van der Waals surface area contributed by atoms with E-state index in [1.807, 2.05) is 13.8 Å². The largest absolute Gasteiger partial charge is 0.396 e. The highest BCUT2D eigenvalue weighted by atomic mass is 16.3. The number of carbonyl (C=O) groups is 2. The Morgan fingerprint density at radius 2 is 1.79 bits per heavy atom. The standard InChI is InChI=1S/C14H20N2O3/c1-10(18)11-4-6-12(7-5-11)15-13(19)16-14(2,3)8-9-17/h4-7,17H,8-9H2,1-3H3,(H2,15,16,19). The molecule has 0 aliphatic carbocycles. The SMILES string of the molecule is CC(=O)c1ccc(NC(=O)NC(C)(C)CCO)cc1. The van der Waals surface area contributed by atoms with Gasteiger partial charge in [0, 0.05) is 23.4 Å². The van der Waals surface area contributed by atoms with E-state index in [0.29, 0.717) is 17.7 Å². The van der Waals surface area contributed by atoms with Crippen molar-refractivity contribution in [2.45, 2.75) is 32.7 Å². The van der Waals surface area contributed by atoms with E-state index in [1.165, 1.54) is 6.92 Å². The molecule has 5 heteroatoms. The third-order valence-corrected chi connectivity index (χ3v) is 2.74. The second-order valence-electron chi connectivity index (χ2n) is 5.07. The predicted molar refractivity (Wildman–Crippen MR) is 74.4 cm³/mol. The molecule has 5 nitrogen and oxygen atoms in total. The Balaban J connectivity index is 2.59. The lowest BCUT2D eigenvalue weighted by Crippen LogP contribution is -2.46. The molecule has 0 spiro atoms. The van der Waals surface area contributed by atoms with Crippen molar-refractivity contribution >= 4 is 17.5 Å². The fourth-order valence-corrected chi connectivity index (χ4v) is 1.60. The molecule has 0 saturated carbocycles. The van der Waals surface area contributed by atoms with Crippen molar-refractivity contribution in [2.24, 2.45) is 0 Å². The number of urea groups is 1. The van der Waals surface area contributed by atoms with E-state index in [4.69, 9.17) is 5.11 Å². The summed E-state index contributed by atoms with van der Waals surface area (Å²) in [6, 6.07) is 6.34. The van der Waals surface area contributed by atoms with Crippen molar-refractivity contribution in [3.8, 4) is 0 Å². The number of benzene rings is 1. The third-order valence-electron chi connectivity index (χ3n) is 2.74. The number of amides is 2. The molecule has 0 aliphatic heterocycles. The average molecular weight is 264 g/mol. The van der Waals surface area contributed by atoms with Crippen LogP contribution in [0.3, 0.4) is 0 Å². The first-order valence-corrected chi connectivity index (χ1v) is 6.15. The predicted octanol–water partition coefficient (Wildman–Crippen LogP) is 2.17. The molecule has 0 bridgehead atoms. The van der Waals surface area contributed by atoms with Gasteiger partial charge in [-0.1, -0.05) is 0 Å². The number of ketones is 1. The van der Waals surface area contributed by atoms with Crippen molar-refractivity contribution in [1.29, 1.82) is 0 Å². The minimum absolute atomic E-state index is 0.0138. The number of hydrogen-bond donors (Lipinski definition) is 3. The van der Waals surface area contributed by atoms with Crippen LogP contribution in [0.4, 0.5) is 10.5 Å². The number of rotatable bonds is 5. The molecule has 1 rings (SSSR count). The van der Waals surface area contributed by atoms with Crippen LogP contribution in [0.5, 0.6) is 0 Å². The molecule has 0 aromatic heterocycles. The first-order chi connectivity index (χ1) is 8.84. The second kappa shape index (κ2) is 6.33. The molecule has 0 atom stereocenters. The summed E-state index contributed by atoms with van der Waals surface area (Å²) in [7, 11) is 0. The Bertz CT molecular complexity index is 452. The minimum Gasteiger partial charge on any atom is -0.396 e. The molecule has 1 aromatic rings. The quantitative estimate of drug-likeness (QED) is 0.713. The molecule has 0 saturated heterocycles. The highest BCUT2D eigenvalue weighted by molar-refractivity contribution is 5.95. The lowest BCUT2D eigenvalue weighted by molar-refractivity contribution is 0.101. The fraction of sp³-hybridized carbons (Fsp3) is 0.429. The van der Waals surface area contributed by atoms with Gasteiger partial charge in [0.2, 0.25) is 0 Å². The number of aliphatic hydroxyl groups is 1. The maximum Gasteiger partial charge on any atom is 0.319 e. The van der Waals surface area contributed by atoms with Gasteiger partial charge in [0.25, 0.3) is 0 Å². The molecule has 2 amide bonds. The van der Waals surface area contributed by atoms with Gasteiger partial charge in [-0.3, -0.25) is 4.79 Å². The van der Waals surface area contributed by atoms with E-state index in [9.17, 15) is 9.59 Å². The zero-order chi connectivity index (χ0) is 14.5. The van der Waals surface area contributed by atoms with Crippen LogP contribution in [0.2, 0.25) is 0 Å². The summed E-state index contributed by atoms with van der Waals surface area (Å²) in [5.41, 5.74) is 0.742. The van der Waals surface area contributed by atoms with Crippen LogP contribution in [0.15, 0.2) is 24.3 Å². The fourth-order valence-electron chi connectivity index (χ4n) is 1.60. The summed E-state index contributed by atoms with van der Waals surface area (Å²) in [6.45, 7) is 5.18. The highest BCUT2D eigenvalue weighted by Crippen LogP contribution is 2.11. The summed E-state index contributed by atoms with van der Waals surface area (Å²) >= 11 is 0. The molecule has 0 unspecified atom stereocenters. The van der Waals surface area contributed by atoms with Crippen molar-refractivity contribution < 1.29 is 14.7 Å². The average Bonchev–Trinajstić information content (AvgIpc) is 2.28. The molecule has 3 N–H and O–H groups in total. The monoisotopic (exact) mass is 264 g/mol. The van der Waals surface area contributed by atoms with E-state index in [-0.39, 0.29) is 18.4 Å². The lowest BCUT2D eigenvalue weighted by atomic mass is 10.0. The lowest BCUT2D eigenvalue weighted by Gasteiger charge is -2.25. The summed E-state index contributed by atoms with van der Waals surface area (Å²) in [5.74, 6) is -0.0138. The first kappa shape index (κ1) is 15.2. The Labute approximate surface area is 113 Å². The van der Waals surface area contributed by atoms with Gasteiger partial charge < -0.3 is 15.7 Å². The van der Waals surface area contributed by atoms with Gasteiger partial charge in [0.05, 0.1) is 0 Å². The second-order valence-corrected chi connectivity index (χ2v) is 5.07. The summed E-state index contributed by atoms with van der Waals surface area (Å²) in [4.78, 5) is 22.9. The van der Waals surface area contributed by atoms with Gasteiger partial charge >= 0.3 is 6.03 Å². The van der Waals surface area contributed by atoms with Gasteiger partial charge in [-0.15, -0.1) is 0 Å². The number of hydrogen-bond acceptors (Lipinski definition) is 3. The minimum atomic E-state index is -0.474. The topological polar surface area (TPSA) is 78.4 Å². The molecule has 104 valence electrons. The molecule has 19 heavy (non-hydrogen) atoms. The van der Waals surface area contributed by atoms with Crippen LogP contribution in [-0.4, -0.2) is 29.1 Å². The Morgan fingerprint density at radius 1 is 1.21 bits per heavy atom. The molecule has 0 fully saturated rings. The van der Waals surface area contributed by atoms with E-state index in [0.717, 1.165) is 0 Å². The molecule has 0 aliphatic rings. The molecular formula is C14H20N2O3. The van der Waals surface area contributed by atoms with E-state index < -0.39 is 5.54 Å². The van der Waals surface area contributed by atoms with Gasteiger partial charge in [-0.05, 0) is 51.5 Å². The van der Waals surface area contributed by atoms with Crippen LogP contribution < -0.4 is 10.6 Å². The van der Waals surface area contributed by atoms with Crippen LogP contribution in [-0.2, 0) is 0 Å². The van der Waals surface area contributed by atoms with Gasteiger partial charge in [0.1, 0.15) is 0 Å². The Morgan fingerprint density at radius 3 is 2.26 bits per heavy atom. The van der Waals surface area contributed by atoms with Crippen molar-refractivity contribution in [2.75, 3.05) is 11.9 Å². The van der Waals surface area contributed by atoms with Crippen LogP contribution in [0.25, 0.3) is 0 Å². The van der Waals surface area contributed by atoms with Crippen LogP contribution in [0.1, 0.15) is 37.6 Å². The van der Waals surface area contributed by atoms with E-state index >= 15 is 0 Å². The Kier molecular flexibility index (Phi) is 5.06. The highest BCUT2D eigenvalue weighted by Gasteiger charge is 2.19. The van der Waals surface area contributed by atoms with Crippen molar-refractivity contribution in [3.05, 3.63) is 29.8 Å². The van der Waals surface area contributed by atoms with E-state index in [2.05, 4.69) is 10.6 Å². The molecule has 1 aromatic carbocycles. The zero-order valence-electron chi connectivity index (χ0n) is 11.5. The first-order valence-electron chi connectivity index (χ1n) is 6.15. The van der Waals surface area contributed by atoms with E-state index in [1.54, 1.807) is 24.3 Å². The van der Waals surface area contributed by atoms with Crippen LogP contribution in [0, 0.1) is 0 Å². The summed E-state index contributed by atoms with van der Waals surface area (Å²) in [6.07, 6.45) is 0.476. The number of aliphatic hydroxyl groups excluding tert-OH is 1. The maximum absolute atomic E-state index is 11.8. The zero-order valence-corrected chi connectivity index (χ0v) is 11.5. The summed E-state index contributed by atoms with van der Waals surface area (Å²) < 4.78 is 0. The van der Waals surface area contributed by atoms with Gasteiger partial charge in [-0.2, -0.15) is 0 Å². The number of anilines is 1. The normalized spacial score (nSPS) is 10.9. The van der Waals surface area contributed by atoms with Crippen LogP contribution >= 0.6 is 0 Å². The van der Waals surface area contributed by atoms with Gasteiger partial charge in [-0.25, -0.2) is 4.79 Å². The molecule has 0 radical (unpaired) electrons. The molecular weight excluding hydrogens is 244 g/mol. The number of carbonyl (C=O) groups excluding carboxylic acids is 2. The van der Waals surface area contributed by atoms with Crippen molar-refractivity contribution in [3.63, 3.8) is 0 Å². The number of nitrogens with one attached hydrogen (secondary N) is 2. The maximum atomic E-state index is 11.8. The number of Topliss-reactive ketones (excluding diaryl/α,β-unsaturated/α-hetero) is 1. The molecule has 0 heterocycles. The van der Waals surface area contributed by atoms with Crippen molar-refractivity contribution in [1.82, 2.24) is 5.32 Å². The smallest absolute Gasteiger partial charge is 0.319 e. The van der Waals surface area contributed by atoms with Gasteiger partial charge in [0.15, 0.2) is 5.78 Å². The third kappa shape index (κ3) is 5.09.